The summed E-state index contributed by atoms with van der Waals surface area (Å²) in [5, 5.41) is 0. The van der Waals surface area contributed by atoms with Crippen molar-refractivity contribution in [2.24, 2.45) is 5.73 Å². The van der Waals surface area contributed by atoms with Gasteiger partial charge in [-0.25, -0.2) is 0 Å². The maximum atomic E-state index is 6.13. The zero-order valence-electron chi connectivity index (χ0n) is 11.4. The molecule has 0 amide bonds. The molecule has 0 saturated carbocycles. The molecule has 2 atom stereocenters. The second kappa shape index (κ2) is 8.08. The van der Waals surface area contributed by atoms with E-state index >= 15 is 0 Å². The van der Waals surface area contributed by atoms with Crippen molar-refractivity contribution in [2.75, 3.05) is 27.4 Å². The Balaban J connectivity index is 2.86. The third-order valence-electron chi connectivity index (χ3n) is 2.89. The van der Waals surface area contributed by atoms with Crippen molar-refractivity contribution >= 4 is 0 Å². The van der Waals surface area contributed by atoms with E-state index in [0.717, 1.165) is 17.7 Å². The van der Waals surface area contributed by atoms with Crippen LogP contribution in [0.1, 0.15) is 25.0 Å². The second-order valence-electron chi connectivity index (χ2n) is 4.10. The van der Waals surface area contributed by atoms with Crippen LogP contribution in [0.2, 0.25) is 0 Å². The van der Waals surface area contributed by atoms with Crippen LogP contribution in [0.25, 0.3) is 0 Å². The van der Waals surface area contributed by atoms with Gasteiger partial charge in [-0.05, 0) is 12.5 Å². The van der Waals surface area contributed by atoms with Crippen LogP contribution in [0.15, 0.2) is 24.3 Å². The Morgan fingerprint density at radius 3 is 2.50 bits per heavy atom. The first kappa shape index (κ1) is 15.0. The monoisotopic (exact) mass is 253 g/mol. The van der Waals surface area contributed by atoms with Crippen LogP contribution in [-0.4, -0.2) is 33.5 Å². The zero-order valence-corrected chi connectivity index (χ0v) is 11.4. The average Bonchev–Trinajstić information content (AvgIpc) is 2.43. The van der Waals surface area contributed by atoms with E-state index in [9.17, 15) is 0 Å². The van der Waals surface area contributed by atoms with Crippen LogP contribution in [0.3, 0.4) is 0 Å². The lowest BCUT2D eigenvalue weighted by molar-refractivity contribution is 0.00166. The quantitative estimate of drug-likeness (QED) is 0.721. The Kier molecular flexibility index (Phi) is 6.72. The number of hydrogen-bond donors (Lipinski definition) is 1. The lowest BCUT2D eigenvalue weighted by Gasteiger charge is -2.25. The van der Waals surface area contributed by atoms with Gasteiger partial charge in [-0.3, -0.25) is 0 Å². The summed E-state index contributed by atoms with van der Waals surface area (Å²) in [6, 6.07) is 7.76. The first-order valence-corrected chi connectivity index (χ1v) is 6.23. The lowest BCUT2D eigenvalue weighted by atomic mass is 10.00. The normalized spacial score (nSPS) is 14.2. The summed E-state index contributed by atoms with van der Waals surface area (Å²) < 4.78 is 16.2. The van der Waals surface area contributed by atoms with Gasteiger partial charge in [0.15, 0.2) is 0 Å². The van der Waals surface area contributed by atoms with Crippen molar-refractivity contribution in [2.45, 2.75) is 25.5 Å². The first-order valence-electron chi connectivity index (χ1n) is 6.23. The highest BCUT2D eigenvalue weighted by molar-refractivity contribution is 5.35. The van der Waals surface area contributed by atoms with Crippen molar-refractivity contribution < 1.29 is 14.2 Å². The Hall–Kier alpha value is -1.10. The molecule has 1 rings (SSSR count). The Bertz CT molecular complexity index is 344. The van der Waals surface area contributed by atoms with E-state index in [2.05, 4.69) is 0 Å². The number of benzene rings is 1. The summed E-state index contributed by atoms with van der Waals surface area (Å²) in [5.41, 5.74) is 7.12. The molecule has 0 radical (unpaired) electrons. The van der Waals surface area contributed by atoms with Gasteiger partial charge in [-0.15, -0.1) is 0 Å². The second-order valence-corrected chi connectivity index (χ2v) is 4.10. The summed E-state index contributed by atoms with van der Waals surface area (Å²) in [5.74, 6) is 0.809. The van der Waals surface area contributed by atoms with Gasteiger partial charge < -0.3 is 19.9 Å². The molecule has 4 nitrogen and oxygen atoms in total. The number of nitrogens with two attached hydrogens (primary N) is 1. The standard InChI is InChI=1S/C14H23NO3/c1-4-12(15)14(18-10-9-16-2)11-7-5-6-8-13(11)17-3/h5-8,12,14H,4,9-10,15H2,1-3H3. The molecule has 0 heterocycles. The van der Waals surface area contributed by atoms with Gasteiger partial charge in [0.25, 0.3) is 0 Å². The van der Waals surface area contributed by atoms with Crippen molar-refractivity contribution in [1.29, 1.82) is 0 Å². The SMILES string of the molecule is CCC(N)C(OCCOC)c1ccccc1OC. The maximum Gasteiger partial charge on any atom is 0.124 e. The predicted molar refractivity (Wildman–Crippen MR) is 71.8 cm³/mol. The molecule has 0 aromatic heterocycles. The highest BCUT2D eigenvalue weighted by Gasteiger charge is 2.22. The highest BCUT2D eigenvalue weighted by Crippen LogP contribution is 2.30. The minimum atomic E-state index is -0.165. The van der Waals surface area contributed by atoms with Gasteiger partial charge in [0.1, 0.15) is 11.9 Å². The van der Waals surface area contributed by atoms with Gasteiger partial charge >= 0.3 is 0 Å². The van der Waals surface area contributed by atoms with E-state index in [-0.39, 0.29) is 12.1 Å². The minimum absolute atomic E-state index is 0.0573. The van der Waals surface area contributed by atoms with Crippen molar-refractivity contribution in [3.05, 3.63) is 29.8 Å². The fourth-order valence-corrected chi connectivity index (χ4v) is 1.82. The van der Waals surface area contributed by atoms with Crippen molar-refractivity contribution in [3.63, 3.8) is 0 Å². The maximum absolute atomic E-state index is 6.13. The van der Waals surface area contributed by atoms with Crippen LogP contribution in [0.5, 0.6) is 5.75 Å². The van der Waals surface area contributed by atoms with Gasteiger partial charge in [-0.1, -0.05) is 25.1 Å². The first-order chi connectivity index (χ1) is 8.74. The summed E-state index contributed by atoms with van der Waals surface area (Å²) in [6.07, 6.45) is 0.677. The molecular weight excluding hydrogens is 230 g/mol. The fourth-order valence-electron chi connectivity index (χ4n) is 1.82. The van der Waals surface area contributed by atoms with E-state index in [1.807, 2.05) is 31.2 Å². The van der Waals surface area contributed by atoms with Crippen LogP contribution in [-0.2, 0) is 9.47 Å². The topological polar surface area (TPSA) is 53.7 Å². The molecule has 102 valence electrons. The highest BCUT2D eigenvalue weighted by atomic mass is 16.5. The van der Waals surface area contributed by atoms with Gasteiger partial charge in [0, 0.05) is 18.7 Å². The lowest BCUT2D eigenvalue weighted by Crippen LogP contribution is -2.30. The number of rotatable bonds is 8. The average molecular weight is 253 g/mol. The van der Waals surface area contributed by atoms with E-state index in [1.54, 1.807) is 14.2 Å². The Labute approximate surface area is 109 Å². The third kappa shape index (κ3) is 3.98. The van der Waals surface area contributed by atoms with Crippen LogP contribution in [0.4, 0.5) is 0 Å². The van der Waals surface area contributed by atoms with E-state index in [0.29, 0.717) is 13.2 Å². The molecule has 0 aliphatic carbocycles. The molecule has 0 saturated heterocycles. The molecule has 1 aromatic rings. The number of hydrogen-bond acceptors (Lipinski definition) is 4. The Morgan fingerprint density at radius 2 is 1.89 bits per heavy atom. The molecule has 0 aliphatic heterocycles. The zero-order chi connectivity index (χ0) is 13.4. The van der Waals surface area contributed by atoms with E-state index < -0.39 is 0 Å². The smallest absolute Gasteiger partial charge is 0.124 e. The van der Waals surface area contributed by atoms with Gasteiger partial charge in [0.05, 0.1) is 20.3 Å². The number of ether oxygens (including phenoxy) is 3. The molecule has 0 fully saturated rings. The Morgan fingerprint density at radius 1 is 1.17 bits per heavy atom. The van der Waals surface area contributed by atoms with Gasteiger partial charge in [-0.2, -0.15) is 0 Å². The molecule has 0 aliphatic rings. The molecule has 4 heteroatoms. The van der Waals surface area contributed by atoms with Crippen LogP contribution >= 0.6 is 0 Å². The summed E-state index contributed by atoms with van der Waals surface area (Å²) in [7, 11) is 3.31. The fraction of sp³-hybridized carbons (Fsp3) is 0.571. The third-order valence-corrected chi connectivity index (χ3v) is 2.89. The largest absolute Gasteiger partial charge is 0.496 e. The van der Waals surface area contributed by atoms with E-state index in [4.69, 9.17) is 19.9 Å². The summed E-state index contributed by atoms with van der Waals surface area (Å²) in [6.45, 7) is 3.13. The van der Waals surface area contributed by atoms with Crippen molar-refractivity contribution in [3.8, 4) is 5.75 Å². The predicted octanol–water partition coefficient (Wildman–Crippen LogP) is 2.14. The molecule has 2 N–H and O–H groups in total. The van der Waals surface area contributed by atoms with Crippen LogP contribution in [0, 0.1) is 0 Å². The van der Waals surface area contributed by atoms with Gasteiger partial charge in [0.2, 0.25) is 0 Å². The van der Waals surface area contributed by atoms with Crippen LogP contribution < -0.4 is 10.5 Å². The van der Waals surface area contributed by atoms with Crippen molar-refractivity contribution in [1.82, 2.24) is 0 Å². The molecule has 18 heavy (non-hydrogen) atoms. The molecule has 0 bridgehead atoms. The number of methoxy groups -OCH3 is 2. The summed E-state index contributed by atoms with van der Waals surface area (Å²) >= 11 is 0. The minimum Gasteiger partial charge on any atom is -0.496 e. The molecule has 0 spiro atoms. The summed E-state index contributed by atoms with van der Waals surface area (Å²) in [4.78, 5) is 0. The molecule has 1 aromatic carbocycles. The van der Waals surface area contributed by atoms with E-state index in [1.165, 1.54) is 0 Å². The molecule has 2 unspecified atom stereocenters. The number of para-hydroxylation sites is 1. The molecular formula is C14H23NO3.